The quantitative estimate of drug-likeness (QED) is 0.484. The van der Waals surface area contributed by atoms with Crippen LogP contribution in [0, 0.1) is 0 Å². The Hall–Kier alpha value is -4.06. The molecule has 1 aromatic heterocycles. The van der Waals surface area contributed by atoms with E-state index in [1.165, 1.54) is 0 Å². The van der Waals surface area contributed by atoms with Crippen LogP contribution in [-0.2, 0) is 11.2 Å². The summed E-state index contributed by atoms with van der Waals surface area (Å²) >= 11 is 0. The van der Waals surface area contributed by atoms with Crippen LogP contribution in [0.5, 0.6) is 5.75 Å². The Kier molecular flexibility index (Phi) is 5.48. The lowest BCUT2D eigenvalue weighted by Gasteiger charge is -2.07. The molecule has 3 aromatic carbocycles. The average molecular weight is 400 g/mol. The van der Waals surface area contributed by atoms with Gasteiger partial charge < -0.3 is 19.8 Å². The molecular weight excluding hydrogens is 380 g/mol. The van der Waals surface area contributed by atoms with Gasteiger partial charge in [-0.05, 0) is 54.1 Å². The van der Waals surface area contributed by atoms with E-state index >= 15 is 0 Å². The predicted molar refractivity (Wildman–Crippen MR) is 116 cm³/mol. The van der Waals surface area contributed by atoms with E-state index in [1.54, 1.807) is 49.6 Å². The van der Waals surface area contributed by atoms with E-state index in [9.17, 15) is 9.59 Å². The largest absolute Gasteiger partial charge is 0.497 e. The van der Waals surface area contributed by atoms with E-state index in [1.807, 2.05) is 36.4 Å². The molecule has 0 saturated heterocycles. The van der Waals surface area contributed by atoms with Gasteiger partial charge in [-0.25, -0.2) is 0 Å². The summed E-state index contributed by atoms with van der Waals surface area (Å²) in [7, 11) is 1.59. The number of furan rings is 1. The first-order chi connectivity index (χ1) is 14.6. The summed E-state index contributed by atoms with van der Waals surface area (Å²) in [6.45, 7) is 0. The standard InChI is InChI=1S/C24H20N2O4/c1-29-20-12-10-18(11-13-20)25-23(27)14-16-6-8-19(9-7-16)26-24(28)22-15-17-4-2-3-5-21(17)30-22/h2-13,15H,14H2,1H3,(H,25,27)(H,26,28). The van der Waals surface area contributed by atoms with Crippen LogP contribution < -0.4 is 15.4 Å². The molecule has 0 radical (unpaired) electrons. The maximum Gasteiger partial charge on any atom is 0.291 e. The zero-order valence-electron chi connectivity index (χ0n) is 16.3. The lowest BCUT2D eigenvalue weighted by molar-refractivity contribution is -0.115. The maximum atomic E-state index is 12.4. The number of para-hydroxylation sites is 1. The van der Waals surface area contributed by atoms with Crippen molar-refractivity contribution in [2.75, 3.05) is 17.7 Å². The van der Waals surface area contributed by atoms with Crippen LogP contribution in [0.4, 0.5) is 11.4 Å². The molecule has 0 fully saturated rings. The molecule has 150 valence electrons. The molecule has 4 aromatic rings. The SMILES string of the molecule is COc1ccc(NC(=O)Cc2ccc(NC(=O)c3cc4ccccc4o3)cc2)cc1. The summed E-state index contributed by atoms with van der Waals surface area (Å²) in [5.41, 5.74) is 2.83. The summed E-state index contributed by atoms with van der Waals surface area (Å²) in [6, 6.07) is 23.4. The van der Waals surface area contributed by atoms with E-state index in [4.69, 9.17) is 9.15 Å². The van der Waals surface area contributed by atoms with Gasteiger partial charge >= 0.3 is 0 Å². The molecule has 0 atom stereocenters. The van der Waals surface area contributed by atoms with Crippen LogP contribution >= 0.6 is 0 Å². The summed E-state index contributed by atoms with van der Waals surface area (Å²) in [6.07, 6.45) is 0.226. The smallest absolute Gasteiger partial charge is 0.291 e. The number of nitrogens with one attached hydrogen (secondary N) is 2. The van der Waals surface area contributed by atoms with Crippen LogP contribution in [0.15, 0.2) is 83.3 Å². The highest BCUT2D eigenvalue weighted by molar-refractivity contribution is 6.04. The zero-order valence-corrected chi connectivity index (χ0v) is 16.3. The molecule has 0 saturated carbocycles. The molecular formula is C24H20N2O4. The van der Waals surface area contributed by atoms with Crippen molar-refractivity contribution in [3.05, 3.63) is 90.2 Å². The number of hydrogen-bond acceptors (Lipinski definition) is 4. The van der Waals surface area contributed by atoms with Gasteiger partial charge in [0.2, 0.25) is 5.91 Å². The molecule has 4 rings (SSSR count). The van der Waals surface area contributed by atoms with Crippen LogP contribution in [0.1, 0.15) is 16.1 Å². The first-order valence-electron chi connectivity index (χ1n) is 9.43. The van der Waals surface area contributed by atoms with Gasteiger partial charge in [-0.1, -0.05) is 30.3 Å². The number of hydrogen-bond donors (Lipinski definition) is 2. The second-order valence-electron chi connectivity index (χ2n) is 6.75. The lowest BCUT2D eigenvalue weighted by atomic mass is 10.1. The molecule has 0 spiro atoms. The fraction of sp³-hybridized carbons (Fsp3) is 0.0833. The maximum absolute atomic E-state index is 12.4. The van der Waals surface area contributed by atoms with E-state index in [0.717, 1.165) is 16.7 Å². The van der Waals surface area contributed by atoms with Crippen molar-refractivity contribution in [2.24, 2.45) is 0 Å². The number of benzene rings is 3. The second kappa shape index (κ2) is 8.53. The fourth-order valence-electron chi connectivity index (χ4n) is 3.06. The molecule has 0 aliphatic carbocycles. The number of amides is 2. The number of carbonyl (C=O) groups is 2. The van der Waals surface area contributed by atoms with Gasteiger partial charge in [-0.15, -0.1) is 0 Å². The fourth-order valence-corrected chi connectivity index (χ4v) is 3.06. The topological polar surface area (TPSA) is 80.6 Å². The summed E-state index contributed by atoms with van der Waals surface area (Å²) in [4.78, 5) is 24.7. The minimum Gasteiger partial charge on any atom is -0.497 e. The van der Waals surface area contributed by atoms with Gasteiger partial charge in [-0.2, -0.15) is 0 Å². The van der Waals surface area contributed by atoms with Gasteiger partial charge in [0.25, 0.3) is 5.91 Å². The second-order valence-corrected chi connectivity index (χ2v) is 6.75. The monoisotopic (exact) mass is 400 g/mol. The zero-order chi connectivity index (χ0) is 20.9. The van der Waals surface area contributed by atoms with Crippen LogP contribution in [-0.4, -0.2) is 18.9 Å². The van der Waals surface area contributed by atoms with Crippen molar-refractivity contribution in [3.63, 3.8) is 0 Å². The van der Waals surface area contributed by atoms with E-state index in [0.29, 0.717) is 17.0 Å². The van der Waals surface area contributed by atoms with Crippen molar-refractivity contribution in [3.8, 4) is 5.75 Å². The summed E-state index contributed by atoms with van der Waals surface area (Å²) in [5, 5.41) is 6.53. The predicted octanol–water partition coefficient (Wildman–Crippen LogP) is 4.87. The van der Waals surface area contributed by atoms with Crippen LogP contribution in [0.3, 0.4) is 0 Å². The Balaban J connectivity index is 1.35. The van der Waals surface area contributed by atoms with Crippen LogP contribution in [0.25, 0.3) is 11.0 Å². The third kappa shape index (κ3) is 4.50. The van der Waals surface area contributed by atoms with Gasteiger partial charge in [-0.3, -0.25) is 9.59 Å². The van der Waals surface area contributed by atoms with Crippen molar-refractivity contribution >= 4 is 34.2 Å². The minimum atomic E-state index is -0.323. The molecule has 0 aliphatic heterocycles. The number of methoxy groups -OCH3 is 1. The molecule has 6 nitrogen and oxygen atoms in total. The number of fused-ring (bicyclic) bond motifs is 1. The van der Waals surface area contributed by atoms with Gasteiger partial charge in [0.1, 0.15) is 11.3 Å². The summed E-state index contributed by atoms with van der Waals surface area (Å²) in [5.74, 6) is 0.530. The number of carbonyl (C=O) groups excluding carboxylic acids is 2. The van der Waals surface area contributed by atoms with Gasteiger partial charge in [0, 0.05) is 16.8 Å². The molecule has 6 heteroatoms. The lowest BCUT2D eigenvalue weighted by Crippen LogP contribution is -2.14. The Bertz CT molecular complexity index is 1150. The number of ether oxygens (including phenoxy) is 1. The van der Waals surface area contributed by atoms with Crippen LogP contribution in [0.2, 0.25) is 0 Å². The third-order valence-electron chi connectivity index (χ3n) is 4.60. The van der Waals surface area contributed by atoms with Crippen molar-refractivity contribution in [1.29, 1.82) is 0 Å². The highest BCUT2D eigenvalue weighted by Crippen LogP contribution is 2.20. The molecule has 2 amide bonds. The Labute approximate surface area is 173 Å². The summed E-state index contributed by atoms with van der Waals surface area (Å²) < 4.78 is 10.7. The number of anilines is 2. The molecule has 0 unspecified atom stereocenters. The van der Waals surface area contributed by atoms with E-state index in [-0.39, 0.29) is 24.0 Å². The molecule has 2 N–H and O–H groups in total. The van der Waals surface area contributed by atoms with Crippen molar-refractivity contribution in [2.45, 2.75) is 6.42 Å². The van der Waals surface area contributed by atoms with Crippen molar-refractivity contribution in [1.82, 2.24) is 0 Å². The van der Waals surface area contributed by atoms with Crippen molar-refractivity contribution < 1.29 is 18.7 Å². The molecule has 0 aliphatic rings. The molecule has 0 bridgehead atoms. The van der Waals surface area contributed by atoms with E-state index < -0.39 is 0 Å². The highest BCUT2D eigenvalue weighted by Gasteiger charge is 2.12. The van der Waals surface area contributed by atoms with Gasteiger partial charge in [0.05, 0.1) is 13.5 Å². The molecule has 30 heavy (non-hydrogen) atoms. The first kappa shape index (κ1) is 19.3. The van der Waals surface area contributed by atoms with Gasteiger partial charge in [0.15, 0.2) is 5.76 Å². The average Bonchev–Trinajstić information content (AvgIpc) is 3.20. The Morgan fingerprint density at radius 2 is 1.53 bits per heavy atom. The highest BCUT2D eigenvalue weighted by atomic mass is 16.5. The number of rotatable bonds is 6. The normalized spacial score (nSPS) is 10.6. The minimum absolute atomic E-state index is 0.126. The Morgan fingerprint density at radius 1 is 0.867 bits per heavy atom. The van der Waals surface area contributed by atoms with E-state index in [2.05, 4.69) is 10.6 Å². The Morgan fingerprint density at radius 3 is 2.23 bits per heavy atom. The third-order valence-corrected chi connectivity index (χ3v) is 4.60. The molecule has 1 heterocycles. The first-order valence-corrected chi connectivity index (χ1v) is 9.43.